The third kappa shape index (κ3) is 2.19. The minimum Gasteiger partial charge on any atom is -0.496 e. The predicted molar refractivity (Wildman–Crippen MR) is 67.5 cm³/mol. The molecule has 1 aliphatic heterocycles. The van der Waals surface area contributed by atoms with Gasteiger partial charge >= 0.3 is 0 Å². The zero-order chi connectivity index (χ0) is 11.5. The molecule has 0 amide bonds. The second-order valence-electron chi connectivity index (χ2n) is 4.20. The number of ether oxygens (including phenoxy) is 1. The Morgan fingerprint density at radius 1 is 1.44 bits per heavy atom. The number of benzene rings is 1. The SMILES string of the molecule is COc1ccc(N)cc1C1=CCNC(C)C1. The maximum Gasteiger partial charge on any atom is 0.126 e. The number of nitrogens with two attached hydrogens (primary N) is 1. The zero-order valence-corrected chi connectivity index (χ0v) is 9.79. The number of anilines is 1. The lowest BCUT2D eigenvalue weighted by atomic mass is 9.95. The van der Waals surface area contributed by atoms with Crippen molar-refractivity contribution in [2.24, 2.45) is 0 Å². The summed E-state index contributed by atoms with van der Waals surface area (Å²) in [7, 11) is 1.69. The summed E-state index contributed by atoms with van der Waals surface area (Å²) in [6, 6.07) is 6.29. The van der Waals surface area contributed by atoms with Crippen LogP contribution in [-0.2, 0) is 0 Å². The van der Waals surface area contributed by atoms with E-state index < -0.39 is 0 Å². The van der Waals surface area contributed by atoms with Gasteiger partial charge < -0.3 is 15.8 Å². The lowest BCUT2D eigenvalue weighted by Crippen LogP contribution is -2.29. The van der Waals surface area contributed by atoms with Crippen LogP contribution in [0.5, 0.6) is 5.75 Å². The van der Waals surface area contributed by atoms with Crippen molar-refractivity contribution >= 4 is 11.3 Å². The van der Waals surface area contributed by atoms with E-state index in [0.717, 1.165) is 30.0 Å². The minimum absolute atomic E-state index is 0.506. The molecule has 0 fully saturated rings. The average molecular weight is 218 g/mol. The lowest BCUT2D eigenvalue weighted by molar-refractivity contribution is 0.413. The van der Waals surface area contributed by atoms with Gasteiger partial charge in [0.2, 0.25) is 0 Å². The second-order valence-corrected chi connectivity index (χ2v) is 4.20. The number of methoxy groups -OCH3 is 1. The fraction of sp³-hybridized carbons (Fsp3) is 0.385. The maximum absolute atomic E-state index is 5.83. The van der Waals surface area contributed by atoms with E-state index in [1.54, 1.807) is 7.11 Å². The number of rotatable bonds is 2. The summed E-state index contributed by atoms with van der Waals surface area (Å²) >= 11 is 0. The largest absolute Gasteiger partial charge is 0.496 e. The molecule has 1 unspecified atom stereocenters. The van der Waals surface area contributed by atoms with E-state index in [1.165, 1.54) is 5.57 Å². The van der Waals surface area contributed by atoms with Crippen LogP contribution in [0.15, 0.2) is 24.3 Å². The Bertz CT molecular complexity index is 412. The topological polar surface area (TPSA) is 47.3 Å². The van der Waals surface area contributed by atoms with E-state index in [9.17, 15) is 0 Å². The van der Waals surface area contributed by atoms with Crippen molar-refractivity contribution in [1.82, 2.24) is 5.32 Å². The Kier molecular flexibility index (Phi) is 3.15. The van der Waals surface area contributed by atoms with Crippen molar-refractivity contribution in [3.8, 4) is 5.75 Å². The van der Waals surface area contributed by atoms with Crippen LogP contribution in [0.3, 0.4) is 0 Å². The van der Waals surface area contributed by atoms with Crippen LogP contribution >= 0.6 is 0 Å². The Balaban J connectivity index is 2.38. The van der Waals surface area contributed by atoms with Crippen LogP contribution in [0.4, 0.5) is 5.69 Å². The van der Waals surface area contributed by atoms with Gasteiger partial charge in [-0.3, -0.25) is 0 Å². The van der Waals surface area contributed by atoms with Crippen LogP contribution in [-0.4, -0.2) is 19.7 Å². The first-order valence-electron chi connectivity index (χ1n) is 5.57. The molecule has 0 aliphatic carbocycles. The molecule has 3 N–H and O–H groups in total. The Hall–Kier alpha value is -1.48. The van der Waals surface area contributed by atoms with Gasteiger partial charge in [-0.25, -0.2) is 0 Å². The molecular formula is C13H18N2O. The molecule has 0 spiro atoms. The Morgan fingerprint density at radius 3 is 2.94 bits per heavy atom. The second kappa shape index (κ2) is 4.58. The van der Waals surface area contributed by atoms with E-state index in [0.29, 0.717) is 6.04 Å². The smallest absolute Gasteiger partial charge is 0.126 e. The van der Waals surface area contributed by atoms with Crippen molar-refractivity contribution in [2.45, 2.75) is 19.4 Å². The first kappa shape index (κ1) is 11.0. The minimum atomic E-state index is 0.506. The van der Waals surface area contributed by atoms with E-state index in [2.05, 4.69) is 18.3 Å². The molecule has 0 saturated carbocycles. The fourth-order valence-corrected chi connectivity index (χ4v) is 2.07. The molecule has 0 radical (unpaired) electrons. The molecule has 1 aliphatic rings. The Morgan fingerprint density at radius 2 is 2.25 bits per heavy atom. The Labute approximate surface area is 96.3 Å². The van der Waals surface area contributed by atoms with Gasteiger partial charge in [-0.2, -0.15) is 0 Å². The molecule has 2 rings (SSSR count). The average Bonchev–Trinajstić information content (AvgIpc) is 2.29. The summed E-state index contributed by atoms with van der Waals surface area (Å²) in [6.07, 6.45) is 3.22. The third-order valence-electron chi connectivity index (χ3n) is 2.91. The predicted octanol–water partition coefficient (Wildman–Crippen LogP) is 2.04. The van der Waals surface area contributed by atoms with Crippen molar-refractivity contribution < 1.29 is 4.74 Å². The number of hydrogen-bond acceptors (Lipinski definition) is 3. The van der Waals surface area contributed by atoms with E-state index >= 15 is 0 Å². The van der Waals surface area contributed by atoms with Gasteiger partial charge in [-0.1, -0.05) is 6.08 Å². The van der Waals surface area contributed by atoms with Gasteiger partial charge in [-0.05, 0) is 37.1 Å². The van der Waals surface area contributed by atoms with E-state index in [-0.39, 0.29) is 0 Å². The van der Waals surface area contributed by atoms with Gasteiger partial charge in [0.25, 0.3) is 0 Å². The lowest BCUT2D eigenvalue weighted by Gasteiger charge is -2.22. The molecule has 16 heavy (non-hydrogen) atoms. The highest BCUT2D eigenvalue weighted by Gasteiger charge is 2.15. The standard InChI is InChI=1S/C13H18N2O/c1-9-7-10(5-6-15-9)12-8-11(14)3-4-13(12)16-2/h3-5,8-9,15H,6-7,14H2,1-2H3. The number of nitrogens with one attached hydrogen (secondary N) is 1. The number of hydrogen-bond donors (Lipinski definition) is 2. The van der Waals surface area contributed by atoms with Crippen molar-refractivity contribution in [2.75, 3.05) is 19.4 Å². The van der Waals surface area contributed by atoms with Gasteiger partial charge in [0.05, 0.1) is 7.11 Å². The molecule has 1 aromatic carbocycles. The molecule has 0 aromatic heterocycles. The first-order chi connectivity index (χ1) is 7.70. The summed E-state index contributed by atoms with van der Waals surface area (Å²) in [5, 5.41) is 3.39. The number of nitrogen functional groups attached to an aromatic ring is 1. The highest BCUT2D eigenvalue weighted by atomic mass is 16.5. The van der Waals surface area contributed by atoms with Crippen LogP contribution in [0.2, 0.25) is 0 Å². The van der Waals surface area contributed by atoms with E-state index in [4.69, 9.17) is 10.5 Å². The quantitative estimate of drug-likeness (QED) is 0.747. The first-order valence-corrected chi connectivity index (χ1v) is 5.57. The third-order valence-corrected chi connectivity index (χ3v) is 2.91. The molecule has 0 saturated heterocycles. The normalized spacial score (nSPS) is 20.4. The summed E-state index contributed by atoms with van der Waals surface area (Å²) < 4.78 is 5.37. The molecule has 0 bridgehead atoms. The molecular weight excluding hydrogens is 200 g/mol. The highest BCUT2D eigenvalue weighted by Crippen LogP contribution is 2.31. The van der Waals surface area contributed by atoms with Gasteiger partial charge in [0, 0.05) is 23.8 Å². The molecule has 3 heteroatoms. The van der Waals surface area contributed by atoms with Gasteiger partial charge in [0.1, 0.15) is 5.75 Å². The summed E-state index contributed by atoms with van der Waals surface area (Å²) in [6.45, 7) is 3.10. The summed E-state index contributed by atoms with van der Waals surface area (Å²) in [5.41, 5.74) is 9.04. The van der Waals surface area contributed by atoms with Crippen LogP contribution in [0, 0.1) is 0 Å². The highest BCUT2D eigenvalue weighted by molar-refractivity contribution is 5.74. The van der Waals surface area contributed by atoms with Crippen molar-refractivity contribution in [3.63, 3.8) is 0 Å². The molecule has 1 aromatic rings. The van der Waals surface area contributed by atoms with Crippen LogP contribution < -0.4 is 15.8 Å². The molecule has 1 heterocycles. The van der Waals surface area contributed by atoms with Gasteiger partial charge in [0.15, 0.2) is 0 Å². The molecule has 1 atom stereocenters. The van der Waals surface area contributed by atoms with Crippen molar-refractivity contribution in [3.05, 3.63) is 29.8 Å². The molecule has 86 valence electrons. The summed E-state index contributed by atoms with van der Waals surface area (Å²) in [5.74, 6) is 0.898. The monoisotopic (exact) mass is 218 g/mol. The summed E-state index contributed by atoms with van der Waals surface area (Å²) in [4.78, 5) is 0. The van der Waals surface area contributed by atoms with Crippen LogP contribution in [0.25, 0.3) is 5.57 Å². The fourth-order valence-electron chi connectivity index (χ4n) is 2.07. The van der Waals surface area contributed by atoms with Gasteiger partial charge in [-0.15, -0.1) is 0 Å². The van der Waals surface area contributed by atoms with E-state index in [1.807, 2.05) is 18.2 Å². The zero-order valence-electron chi connectivity index (χ0n) is 9.79. The maximum atomic E-state index is 5.83. The van der Waals surface area contributed by atoms with Crippen LogP contribution in [0.1, 0.15) is 18.9 Å². The molecule has 3 nitrogen and oxygen atoms in total. The van der Waals surface area contributed by atoms with Crippen molar-refractivity contribution in [1.29, 1.82) is 0 Å².